The fourth-order valence-electron chi connectivity index (χ4n) is 3.16. The summed E-state index contributed by atoms with van der Waals surface area (Å²) in [7, 11) is 0. The van der Waals surface area contributed by atoms with Gasteiger partial charge >= 0.3 is 0 Å². The summed E-state index contributed by atoms with van der Waals surface area (Å²) in [4.78, 5) is 2.50. The number of ether oxygens (including phenoxy) is 1. The Morgan fingerprint density at radius 3 is 2.75 bits per heavy atom. The summed E-state index contributed by atoms with van der Waals surface area (Å²) in [6.07, 6.45) is 4.81. The van der Waals surface area contributed by atoms with Crippen LogP contribution in [-0.4, -0.2) is 46.9 Å². The van der Waals surface area contributed by atoms with Gasteiger partial charge in [0.05, 0.1) is 18.8 Å². The number of hydrogen-bond acceptors (Lipinski definition) is 3. The van der Waals surface area contributed by atoms with Gasteiger partial charge in [0.25, 0.3) is 0 Å². The molecule has 2 saturated heterocycles. The van der Waals surface area contributed by atoms with E-state index in [4.69, 9.17) is 4.74 Å². The van der Waals surface area contributed by atoms with Crippen molar-refractivity contribution in [3.05, 3.63) is 0 Å². The number of aliphatic hydroxyl groups excluding tert-OH is 1. The summed E-state index contributed by atoms with van der Waals surface area (Å²) < 4.78 is 5.99. The van der Waals surface area contributed by atoms with Crippen molar-refractivity contribution in [2.75, 3.05) is 19.8 Å². The second kappa shape index (κ2) is 4.28. The van der Waals surface area contributed by atoms with E-state index in [9.17, 15) is 5.11 Å². The van der Waals surface area contributed by atoms with Crippen molar-refractivity contribution in [3.8, 4) is 0 Å². The maximum absolute atomic E-state index is 9.37. The maximum Gasteiger partial charge on any atom is 0.0657 e. The lowest BCUT2D eigenvalue weighted by atomic mass is 9.95. The minimum absolute atomic E-state index is 0.0552. The van der Waals surface area contributed by atoms with Gasteiger partial charge in [-0.15, -0.1) is 0 Å². The largest absolute Gasteiger partial charge is 0.395 e. The van der Waals surface area contributed by atoms with Gasteiger partial charge in [0.2, 0.25) is 0 Å². The molecule has 0 aromatic rings. The van der Waals surface area contributed by atoms with E-state index in [1.807, 2.05) is 0 Å². The number of nitrogens with zero attached hydrogens (tertiary/aromatic N) is 1. The number of aliphatic hydroxyl groups is 1. The first-order valence-corrected chi connectivity index (χ1v) is 6.48. The standard InChI is InChI=1S/C13H25NO2/c1-12(2,3)16-10-13-6-4-8-14(13)11(9-15)5-7-13/h11,15H,4-10H2,1-3H3/t11-,13+/m1/s1. The van der Waals surface area contributed by atoms with E-state index < -0.39 is 0 Å². The fraction of sp³-hybridized carbons (Fsp3) is 1.00. The second-order valence-electron chi connectivity index (χ2n) is 6.30. The number of fused-ring (bicyclic) bond motifs is 1. The minimum Gasteiger partial charge on any atom is -0.395 e. The van der Waals surface area contributed by atoms with Crippen LogP contribution in [0.5, 0.6) is 0 Å². The first-order valence-electron chi connectivity index (χ1n) is 6.48. The highest BCUT2D eigenvalue weighted by atomic mass is 16.5. The van der Waals surface area contributed by atoms with Crippen LogP contribution in [0.1, 0.15) is 46.5 Å². The summed E-state index contributed by atoms with van der Waals surface area (Å²) in [5.41, 5.74) is 0.182. The Morgan fingerprint density at radius 2 is 2.12 bits per heavy atom. The third-order valence-corrected chi connectivity index (χ3v) is 4.02. The molecule has 0 saturated carbocycles. The van der Waals surface area contributed by atoms with E-state index >= 15 is 0 Å². The topological polar surface area (TPSA) is 32.7 Å². The van der Waals surface area contributed by atoms with Crippen molar-refractivity contribution in [2.24, 2.45) is 0 Å². The SMILES string of the molecule is CC(C)(C)OC[C@@]12CCCN1[C@@H](CO)CC2. The molecular formula is C13H25NO2. The summed E-state index contributed by atoms with van der Waals surface area (Å²) in [5, 5.41) is 9.37. The minimum atomic E-state index is -0.0552. The van der Waals surface area contributed by atoms with Gasteiger partial charge in [-0.05, 0) is 53.0 Å². The van der Waals surface area contributed by atoms with Gasteiger partial charge in [0, 0.05) is 11.6 Å². The van der Waals surface area contributed by atoms with E-state index in [-0.39, 0.29) is 11.1 Å². The van der Waals surface area contributed by atoms with Gasteiger partial charge < -0.3 is 9.84 Å². The molecule has 1 N–H and O–H groups in total. The van der Waals surface area contributed by atoms with Crippen molar-refractivity contribution < 1.29 is 9.84 Å². The van der Waals surface area contributed by atoms with Crippen molar-refractivity contribution >= 4 is 0 Å². The highest BCUT2D eigenvalue weighted by Crippen LogP contribution is 2.42. The maximum atomic E-state index is 9.37. The van der Waals surface area contributed by atoms with Gasteiger partial charge in [-0.1, -0.05) is 0 Å². The van der Waals surface area contributed by atoms with Crippen LogP contribution < -0.4 is 0 Å². The third kappa shape index (κ3) is 2.27. The highest BCUT2D eigenvalue weighted by molar-refractivity contribution is 5.04. The van der Waals surface area contributed by atoms with Crippen molar-refractivity contribution in [3.63, 3.8) is 0 Å². The predicted molar refractivity (Wildman–Crippen MR) is 64.5 cm³/mol. The Morgan fingerprint density at radius 1 is 1.38 bits per heavy atom. The van der Waals surface area contributed by atoms with Crippen LogP contribution in [-0.2, 0) is 4.74 Å². The summed E-state index contributed by atoms with van der Waals surface area (Å²) in [6, 6.07) is 0.381. The van der Waals surface area contributed by atoms with Crippen LogP contribution in [0.25, 0.3) is 0 Å². The Hall–Kier alpha value is -0.120. The zero-order valence-corrected chi connectivity index (χ0v) is 10.8. The number of hydrogen-bond donors (Lipinski definition) is 1. The first-order chi connectivity index (χ1) is 7.47. The van der Waals surface area contributed by atoms with Crippen LogP contribution in [0.3, 0.4) is 0 Å². The predicted octanol–water partition coefficient (Wildman–Crippen LogP) is 1.79. The highest BCUT2D eigenvalue weighted by Gasteiger charge is 2.49. The molecule has 0 amide bonds. The fourth-order valence-corrected chi connectivity index (χ4v) is 3.16. The monoisotopic (exact) mass is 227 g/mol. The van der Waals surface area contributed by atoms with Crippen LogP contribution in [0, 0.1) is 0 Å². The smallest absolute Gasteiger partial charge is 0.0657 e. The van der Waals surface area contributed by atoms with Crippen LogP contribution in [0.4, 0.5) is 0 Å². The van der Waals surface area contributed by atoms with Crippen molar-refractivity contribution in [2.45, 2.75) is 63.6 Å². The Balaban J connectivity index is 2.01. The lowest BCUT2D eigenvalue weighted by molar-refractivity contribution is -0.0588. The van der Waals surface area contributed by atoms with Gasteiger partial charge in [0.15, 0.2) is 0 Å². The normalized spacial score (nSPS) is 35.6. The van der Waals surface area contributed by atoms with Gasteiger partial charge in [-0.3, -0.25) is 4.90 Å². The molecule has 2 atom stereocenters. The molecule has 16 heavy (non-hydrogen) atoms. The van der Waals surface area contributed by atoms with Crippen LogP contribution in [0.15, 0.2) is 0 Å². The molecule has 0 bridgehead atoms. The van der Waals surface area contributed by atoms with E-state index in [0.717, 1.165) is 19.6 Å². The van der Waals surface area contributed by atoms with Crippen LogP contribution in [0.2, 0.25) is 0 Å². The molecule has 2 aliphatic rings. The summed E-state index contributed by atoms with van der Waals surface area (Å²) in [5.74, 6) is 0. The molecule has 2 heterocycles. The Labute approximate surface area is 98.8 Å². The third-order valence-electron chi connectivity index (χ3n) is 4.02. The molecule has 0 radical (unpaired) electrons. The number of rotatable bonds is 3. The molecule has 0 aliphatic carbocycles. The average molecular weight is 227 g/mol. The molecule has 0 unspecified atom stereocenters. The zero-order chi connectivity index (χ0) is 11.8. The lowest BCUT2D eigenvalue weighted by Gasteiger charge is -2.36. The first kappa shape index (κ1) is 12.3. The molecule has 94 valence electrons. The quantitative estimate of drug-likeness (QED) is 0.798. The van der Waals surface area contributed by atoms with Crippen molar-refractivity contribution in [1.82, 2.24) is 4.90 Å². The molecule has 2 fully saturated rings. The molecule has 3 nitrogen and oxygen atoms in total. The van der Waals surface area contributed by atoms with E-state index in [2.05, 4.69) is 25.7 Å². The molecule has 2 aliphatic heterocycles. The van der Waals surface area contributed by atoms with Crippen LogP contribution >= 0.6 is 0 Å². The van der Waals surface area contributed by atoms with Gasteiger partial charge in [-0.25, -0.2) is 0 Å². The molecular weight excluding hydrogens is 202 g/mol. The second-order valence-corrected chi connectivity index (χ2v) is 6.30. The molecule has 2 rings (SSSR count). The molecule has 0 spiro atoms. The van der Waals surface area contributed by atoms with Gasteiger partial charge in [-0.2, -0.15) is 0 Å². The molecule has 0 aromatic heterocycles. The Kier molecular flexibility index (Phi) is 3.30. The van der Waals surface area contributed by atoms with Gasteiger partial charge in [0.1, 0.15) is 0 Å². The summed E-state index contributed by atoms with van der Waals surface area (Å²) >= 11 is 0. The van der Waals surface area contributed by atoms with E-state index in [1.165, 1.54) is 19.3 Å². The molecule has 0 aromatic carbocycles. The van der Waals surface area contributed by atoms with Crippen molar-refractivity contribution in [1.29, 1.82) is 0 Å². The lowest BCUT2D eigenvalue weighted by Crippen LogP contribution is -2.48. The summed E-state index contributed by atoms with van der Waals surface area (Å²) in [6.45, 7) is 8.60. The molecule has 3 heteroatoms. The Bertz CT molecular complexity index is 249. The zero-order valence-electron chi connectivity index (χ0n) is 10.8. The van der Waals surface area contributed by atoms with E-state index in [0.29, 0.717) is 12.6 Å². The average Bonchev–Trinajstić information content (AvgIpc) is 2.71. The van der Waals surface area contributed by atoms with E-state index in [1.54, 1.807) is 0 Å².